The molecular weight excluding hydrogens is 296 g/mol. The van der Waals surface area contributed by atoms with E-state index >= 15 is 0 Å². The molecule has 18 heavy (non-hydrogen) atoms. The molecule has 0 saturated carbocycles. The Kier molecular flexibility index (Phi) is 3.94. The maximum Gasteiger partial charge on any atom is 0.255 e. The van der Waals surface area contributed by atoms with Crippen LogP contribution in [0.4, 0.5) is 5.69 Å². The molecular formula is C13H11BrN2O2. The van der Waals surface area contributed by atoms with Gasteiger partial charge in [0.05, 0.1) is 19.0 Å². The summed E-state index contributed by atoms with van der Waals surface area (Å²) in [7, 11) is 1.54. The number of rotatable bonds is 3. The zero-order valence-electron chi connectivity index (χ0n) is 9.68. The van der Waals surface area contributed by atoms with E-state index < -0.39 is 0 Å². The Hall–Kier alpha value is -1.88. The van der Waals surface area contributed by atoms with E-state index in [1.165, 1.54) is 0 Å². The number of hydrogen-bond acceptors (Lipinski definition) is 3. The van der Waals surface area contributed by atoms with Crippen LogP contribution in [0.15, 0.2) is 47.1 Å². The van der Waals surface area contributed by atoms with Crippen LogP contribution in [-0.4, -0.2) is 18.0 Å². The molecule has 4 nitrogen and oxygen atoms in total. The van der Waals surface area contributed by atoms with Crippen LogP contribution in [0.5, 0.6) is 5.88 Å². The summed E-state index contributed by atoms with van der Waals surface area (Å²) in [6.07, 6.45) is 1.55. The summed E-state index contributed by atoms with van der Waals surface area (Å²) in [6.45, 7) is 0. The van der Waals surface area contributed by atoms with Gasteiger partial charge in [0.25, 0.3) is 5.91 Å². The normalized spacial score (nSPS) is 9.89. The smallest absolute Gasteiger partial charge is 0.255 e. The van der Waals surface area contributed by atoms with Crippen LogP contribution < -0.4 is 10.1 Å². The highest BCUT2D eigenvalue weighted by Crippen LogP contribution is 2.15. The lowest BCUT2D eigenvalue weighted by Crippen LogP contribution is -2.11. The Labute approximate surface area is 113 Å². The number of benzene rings is 1. The molecule has 0 fully saturated rings. The van der Waals surface area contributed by atoms with Crippen molar-refractivity contribution >= 4 is 27.5 Å². The molecule has 1 amide bonds. The van der Waals surface area contributed by atoms with E-state index in [2.05, 4.69) is 26.2 Å². The van der Waals surface area contributed by atoms with E-state index in [-0.39, 0.29) is 5.91 Å². The number of carbonyl (C=O) groups is 1. The summed E-state index contributed by atoms with van der Waals surface area (Å²) in [5.41, 5.74) is 1.21. The molecule has 0 aliphatic rings. The minimum atomic E-state index is -0.178. The van der Waals surface area contributed by atoms with Crippen LogP contribution in [0.1, 0.15) is 10.4 Å². The number of halogens is 1. The van der Waals surface area contributed by atoms with Gasteiger partial charge in [-0.25, -0.2) is 4.98 Å². The standard InChI is InChI=1S/C13H11BrN2O2/c1-18-12-6-5-11(8-15-12)16-13(17)9-3-2-4-10(14)7-9/h2-8H,1H3,(H,16,17). The van der Waals surface area contributed by atoms with Crippen molar-refractivity contribution < 1.29 is 9.53 Å². The first-order chi connectivity index (χ1) is 8.69. The molecule has 0 unspecified atom stereocenters. The fourth-order valence-electron chi connectivity index (χ4n) is 1.41. The molecule has 0 aliphatic carbocycles. The number of anilines is 1. The topological polar surface area (TPSA) is 51.2 Å². The molecule has 1 N–H and O–H groups in total. The van der Waals surface area contributed by atoms with Crippen LogP contribution in [0.2, 0.25) is 0 Å². The Bertz CT molecular complexity index is 555. The van der Waals surface area contributed by atoms with Gasteiger partial charge in [0, 0.05) is 16.1 Å². The van der Waals surface area contributed by atoms with E-state index in [0.717, 1.165) is 4.47 Å². The van der Waals surface area contributed by atoms with E-state index in [0.29, 0.717) is 17.1 Å². The highest BCUT2D eigenvalue weighted by molar-refractivity contribution is 9.10. The quantitative estimate of drug-likeness (QED) is 0.948. The SMILES string of the molecule is COc1ccc(NC(=O)c2cccc(Br)c2)cn1. The van der Waals surface area contributed by atoms with Gasteiger partial charge in [0.2, 0.25) is 5.88 Å². The van der Waals surface area contributed by atoms with E-state index in [1.807, 2.05) is 12.1 Å². The molecule has 0 aliphatic heterocycles. The summed E-state index contributed by atoms with van der Waals surface area (Å²) >= 11 is 3.33. The Morgan fingerprint density at radius 3 is 2.78 bits per heavy atom. The summed E-state index contributed by atoms with van der Waals surface area (Å²) in [6, 6.07) is 10.6. The second kappa shape index (κ2) is 5.64. The lowest BCUT2D eigenvalue weighted by molar-refractivity contribution is 0.102. The zero-order valence-corrected chi connectivity index (χ0v) is 11.3. The van der Waals surface area contributed by atoms with Crippen LogP contribution in [0.25, 0.3) is 0 Å². The van der Waals surface area contributed by atoms with Gasteiger partial charge < -0.3 is 10.1 Å². The predicted molar refractivity (Wildman–Crippen MR) is 72.9 cm³/mol. The van der Waals surface area contributed by atoms with Gasteiger partial charge in [0.1, 0.15) is 0 Å². The molecule has 1 aromatic carbocycles. The van der Waals surface area contributed by atoms with Crippen molar-refractivity contribution in [2.24, 2.45) is 0 Å². The van der Waals surface area contributed by atoms with Crippen molar-refractivity contribution in [3.05, 3.63) is 52.6 Å². The largest absolute Gasteiger partial charge is 0.481 e. The highest BCUT2D eigenvalue weighted by Gasteiger charge is 2.06. The number of amides is 1. The summed E-state index contributed by atoms with van der Waals surface area (Å²) in [4.78, 5) is 15.9. The van der Waals surface area contributed by atoms with Crippen molar-refractivity contribution in [1.29, 1.82) is 0 Å². The zero-order chi connectivity index (χ0) is 13.0. The molecule has 0 radical (unpaired) electrons. The Morgan fingerprint density at radius 2 is 2.17 bits per heavy atom. The van der Waals surface area contributed by atoms with Crippen molar-refractivity contribution in [2.45, 2.75) is 0 Å². The number of nitrogens with one attached hydrogen (secondary N) is 1. The van der Waals surface area contributed by atoms with E-state index in [1.54, 1.807) is 37.6 Å². The molecule has 2 rings (SSSR count). The van der Waals surface area contributed by atoms with Gasteiger partial charge >= 0.3 is 0 Å². The van der Waals surface area contributed by atoms with Gasteiger partial charge in [-0.15, -0.1) is 0 Å². The number of pyridine rings is 1. The number of ether oxygens (including phenoxy) is 1. The number of aromatic nitrogens is 1. The monoisotopic (exact) mass is 306 g/mol. The molecule has 5 heteroatoms. The predicted octanol–water partition coefficient (Wildman–Crippen LogP) is 3.11. The second-order valence-electron chi connectivity index (χ2n) is 3.55. The van der Waals surface area contributed by atoms with Gasteiger partial charge in [-0.05, 0) is 24.3 Å². The van der Waals surface area contributed by atoms with Crippen LogP contribution >= 0.6 is 15.9 Å². The number of nitrogens with zero attached hydrogens (tertiary/aromatic N) is 1. The fourth-order valence-corrected chi connectivity index (χ4v) is 1.81. The minimum Gasteiger partial charge on any atom is -0.481 e. The van der Waals surface area contributed by atoms with Gasteiger partial charge in [-0.1, -0.05) is 22.0 Å². The van der Waals surface area contributed by atoms with Crippen molar-refractivity contribution in [2.75, 3.05) is 12.4 Å². The molecule has 1 heterocycles. The first-order valence-corrected chi connectivity index (χ1v) is 6.05. The molecule has 0 saturated heterocycles. The van der Waals surface area contributed by atoms with Crippen molar-refractivity contribution in [3.63, 3.8) is 0 Å². The highest BCUT2D eigenvalue weighted by atomic mass is 79.9. The summed E-state index contributed by atoms with van der Waals surface area (Å²) in [5.74, 6) is 0.332. The molecule has 0 spiro atoms. The average Bonchev–Trinajstić information content (AvgIpc) is 2.39. The summed E-state index contributed by atoms with van der Waals surface area (Å²) < 4.78 is 5.81. The Balaban J connectivity index is 2.11. The lowest BCUT2D eigenvalue weighted by atomic mass is 10.2. The Morgan fingerprint density at radius 1 is 1.33 bits per heavy atom. The van der Waals surface area contributed by atoms with Crippen molar-refractivity contribution in [1.82, 2.24) is 4.98 Å². The maximum absolute atomic E-state index is 11.9. The molecule has 0 atom stereocenters. The van der Waals surface area contributed by atoms with Crippen molar-refractivity contribution in [3.8, 4) is 5.88 Å². The second-order valence-corrected chi connectivity index (χ2v) is 4.47. The number of carbonyl (C=O) groups excluding carboxylic acids is 1. The first kappa shape index (κ1) is 12.6. The molecule has 92 valence electrons. The third kappa shape index (κ3) is 3.07. The van der Waals surface area contributed by atoms with Gasteiger partial charge in [-0.3, -0.25) is 4.79 Å². The lowest BCUT2D eigenvalue weighted by Gasteiger charge is -2.05. The fraction of sp³-hybridized carbons (Fsp3) is 0.0769. The minimum absolute atomic E-state index is 0.178. The number of hydrogen-bond donors (Lipinski definition) is 1. The third-order valence-electron chi connectivity index (χ3n) is 2.29. The van der Waals surface area contributed by atoms with E-state index in [4.69, 9.17) is 4.74 Å². The number of methoxy groups -OCH3 is 1. The summed E-state index contributed by atoms with van der Waals surface area (Å²) in [5, 5.41) is 2.76. The average molecular weight is 307 g/mol. The first-order valence-electron chi connectivity index (χ1n) is 5.26. The van der Waals surface area contributed by atoms with Crippen LogP contribution in [-0.2, 0) is 0 Å². The van der Waals surface area contributed by atoms with E-state index in [9.17, 15) is 4.79 Å². The maximum atomic E-state index is 11.9. The third-order valence-corrected chi connectivity index (χ3v) is 2.78. The molecule has 2 aromatic rings. The van der Waals surface area contributed by atoms with Crippen LogP contribution in [0, 0.1) is 0 Å². The molecule has 0 bridgehead atoms. The van der Waals surface area contributed by atoms with Crippen LogP contribution in [0.3, 0.4) is 0 Å². The van der Waals surface area contributed by atoms with Gasteiger partial charge in [-0.2, -0.15) is 0 Å². The molecule has 1 aromatic heterocycles. The van der Waals surface area contributed by atoms with Gasteiger partial charge in [0.15, 0.2) is 0 Å².